The smallest absolute Gasteiger partial charge is 0.309 e. The van der Waals surface area contributed by atoms with Crippen molar-refractivity contribution in [1.82, 2.24) is 10.6 Å². The predicted molar refractivity (Wildman–Crippen MR) is 55.2 cm³/mol. The van der Waals surface area contributed by atoms with E-state index in [1.54, 1.807) is 12.1 Å². The van der Waals surface area contributed by atoms with Crippen LogP contribution in [0.2, 0.25) is 0 Å². The van der Waals surface area contributed by atoms with Crippen molar-refractivity contribution in [3.63, 3.8) is 0 Å². The lowest BCUT2D eigenvalue weighted by molar-refractivity contribution is -0.139. The van der Waals surface area contributed by atoms with Crippen molar-refractivity contribution in [3.05, 3.63) is 24.2 Å². The van der Waals surface area contributed by atoms with Crippen molar-refractivity contribution in [1.29, 1.82) is 0 Å². The van der Waals surface area contributed by atoms with Gasteiger partial charge in [0.2, 0.25) is 0 Å². The van der Waals surface area contributed by atoms with Gasteiger partial charge in [0.25, 0.3) is 0 Å². The first kappa shape index (κ1) is 12.3. The van der Waals surface area contributed by atoms with Crippen LogP contribution in [0.4, 0.5) is 0 Å². The number of carbonyl (C=O) groups is 2. The van der Waals surface area contributed by atoms with Gasteiger partial charge in [-0.15, -0.1) is 0 Å². The van der Waals surface area contributed by atoms with E-state index in [0.29, 0.717) is 5.76 Å². The summed E-state index contributed by atoms with van der Waals surface area (Å²) in [5, 5.41) is 13.6. The van der Waals surface area contributed by atoms with Crippen molar-refractivity contribution >= 4 is 11.8 Å². The fourth-order valence-electron chi connectivity index (χ4n) is 0.982. The molecule has 1 aromatic rings. The topological polar surface area (TPSA) is 91.6 Å². The van der Waals surface area contributed by atoms with E-state index >= 15 is 0 Å². The highest BCUT2D eigenvalue weighted by atomic mass is 16.3. The van der Waals surface area contributed by atoms with Crippen LogP contribution in [0, 0.1) is 0 Å². The van der Waals surface area contributed by atoms with Crippen molar-refractivity contribution in [2.24, 2.45) is 0 Å². The molecule has 6 nitrogen and oxygen atoms in total. The summed E-state index contributed by atoms with van der Waals surface area (Å²) in [7, 11) is 0. The van der Waals surface area contributed by atoms with Gasteiger partial charge in [-0.1, -0.05) is 0 Å². The quantitative estimate of drug-likeness (QED) is 0.597. The van der Waals surface area contributed by atoms with Crippen LogP contribution in [0.5, 0.6) is 0 Å². The van der Waals surface area contributed by atoms with Gasteiger partial charge in [0.15, 0.2) is 0 Å². The van der Waals surface area contributed by atoms with Crippen molar-refractivity contribution in [2.45, 2.75) is 19.6 Å². The number of hydrogen-bond acceptors (Lipinski definition) is 4. The normalized spacial score (nSPS) is 11.9. The second-order valence-electron chi connectivity index (χ2n) is 3.32. The number of aliphatic hydroxyl groups excluding tert-OH is 1. The van der Waals surface area contributed by atoms with Crippen LogP contribution < -0.4 is 10.6 Å². The molecule has 0 aliphatic heterocycles. The SMILES string of the molecule is C[C@H](O)CNC(=O)C(=O)NCc1ccco1. The van der Waals surface area contributed by atoms with Crippen LogP contribution in [0.1, 0.15) is 12.7 Å². The number of carbonyl (C=O) groups excluding carboxylic acids is 2. The molecular formula is C10H14N2O4. The summed E-state index contributed by atoms with van der Waals surface area (Å²) >= 11 is 0. The number of amides is 2. The molecule has 1 heterocycles. The minimum absolute atomic E-state index is 0.0486. The van der Waals surface area contributed by atoms with E-state index in [4.69, 9.17) is 9.52 Å². The molecule has 0 aromatic carbocycles. The third-order valence-electron chi connectivity index (χ3n) is 1.77. The third-order valence-corrected chi connectivity index (χ3v) is 1.77. The van der Waals surface area contributed by atoms with Gasteiger partial charge in [-0.2, -0.15) is 0 Å². The summed E-state index contributed by atoms with van der Waals surface area (Å²) in [6.45, 7) is 1.72. The average molecular weight is 226 g/mol. The highest BCUT2D eigenvalue weighted by Crippen LogP contribution is 1.97. The maximum Gasteiger partial charge on any atom is 0.309 e. The molecule has 1 atom stereocenters. The molecule has 0 unspecified atom stereocenters. The van der Waals surface area contributed by atoms with Gasteiger partial charge in [-0.25, -0.2) is 0 Å². The van der Waals surface area contributed by atoms with Gasteiger partial charge in [-0.05, 0) is 19.1 Å². The van der Waals surface area contributed by atoms with Crippen LogP contribution in [0.3, 0.4) is 0 Å². The molecule has 6 heteroatoms. The van der Waals surface area contributed by atoms with E-state index in [2.05, 4.69) is 10.6 Å². The van der Waals surface area contributed by atoms with E-state index in [-0.39, 0.29) is 13.1 Å². The minimum Gasteiger partial charge on any atom is -0.467 e. The molecule has 0 saturated carbocycles. The summed E-state index contributed by atoms with van der Waals surface area (Å²) in [5.41, 5.74) is 0. The predicted octanol–water partition coefficient (Wildman–Crippen LogP) is -0.607. The van der Waals surface area contributed by atoms with Gasteiger partial charge in [0.1, 0.15) is 5.76 Å². The van der Waals surface area contributed by atoms with Gasteiger partial charge < -0.3 is 20.2 Å². The minimum atomic E-state index is -0.771. The molecule has 2 amide bonds. The number of nitrogens with one attached hydrogen (secondary N) is 2. The van der Waals surface area contributed by atoms with E-state index in [1.165, 1.54) is 13.2 Å². The molecule has 0 spiro atoms. The van der Waals surface area contributed by atoms with Crippen molar-refractivity contribution in [2.75, 3.05) is 6.54 Å². The van der Waals surface area contributed by atoms with E-state index in [9.17, 15) is 9.59 Å². The van der Waals surface area contributed by atoms with Gasteiger partial charge in [0.05, 0.1) is 18.9 Å². The molecule has 0 bridgehead atoms. The molecule has 1 aromatic heterocycles. The fraction of sp³-hybridized carbons (Fsp3) is 0.400. The maximum absolute atomic E-state index is 11.2. The zero-order chi connectivity index (χ0) is 12.0. The first-order valence-electron chi connectivity index (χ1n) is 4.86. The zero-order valence-corrected chi connectivity index (χ0v) is 8.90. The van der Waals surface area contributed by atoms with Crippen LogP contribution in [-0.2, 0) is 16.1 Å². The monoisotopic (exact) mass is 226 g/mol. The van der Waals surface area contributed by atoms with E-state index in [0.717, 1.165) is 0 Å². The molecular weight excluding hydrogens is 212 g/mol. The fourth-order valence-corrected chi connectivity index (χ4v) is 0.982. The summed E-state index contributed by atoms with van der Waals surface area (Å²) in [4.78, 5) is 22.3. The lowest BCUT2D eigenvalue weighted by Crippen LogP contribution is -2.41. The number of rotatable bonds is 4. The molecule has 0 aliphatic carbocycles. The zero-order valence-electron chi connectivity index (χ0n) is 8.90. The highest BCUT2D eigenvalue weighted by molar-refractivity contribution is 6.35. The van der Waals surface area contributed by atoms with Crippen molar-refractivity contribution < 1.29 is 19.1 Å². The van der Waals surface area contributed by atoms with Crippen LogP contribution >= 0.6 is 0 Å². The summed E-state index contributed by atoms with van der Waals surface area (Å²) in [6, 6.07) is 3.38. The average Bonchev–Trinajstić information content (AvgIpc) is 2.75. The summed E-state index contributed by atoms with van der Waals surface area (Å²) in [5.74, 6) is -0.957. The third kappa shape index (κ3) is 4.14. The Morgan fingerprint density at radius 3 is 2.69 bits per heavy atom. The van der Waals surface area contributed by atoms with E-state index < -0.39 is 17.9 Å². The standard InChI is InChI=1S/C10H14N2O4/c1-7(13)5-11-9(14)10(15)12-6-8-3-2-4-16-8/h2-4,7,13H,5-6H2,1H3,(H,11,14)(H,12,15)/t7-/m0/s1. The van der Waals surface area contributed by atoms with Crippen LogP contribution in [0.15, 0.2) is 22.8 Å². The number of hydrogen-bond donors (Lipinski definition) is 3. The Bertz CT molecular complexity index is 346. The number of furan rings is 1. The lowest BCUT2D eigenvalue weighted by atomic mass is 10.4. The van der Waals surface area contributed by atoms with Gasteiger partial charge in [-0.3, -0.25) is 9.59 Å². The first-order chi connectivity index (χ1) is 7.59. The van der Waals surface area contributed by atoms with E-state index in [1.807, 2.05) is 0 Å². The molecule has 88 valence electrons. The summed E-state index contributed by atoms with van der Waals surface area (Å²) in [6.07, 6.45) is 0.802. The molecule has 0 radical (unpaired) electrons. The van der Waals surface area contributed by atoms with Gasteiger partial charge in [0, 0.05) is 6.54 Å². The lowest BCUT2D eigenvalue weighted by Gasteiger charge is -2.06. The Labute approximate surface area is 92.6 Å². The van der Waals surface area contributed by atoms with Crippen molar-refractivity contribution in [3.8, 4) is 0 Å². The summed E-state index contributed by atoms with van der Waals surface area (Å²) < 4.78 is 4.98. The molecule has 16 heavy (non-hydrogen) atoms. The molecule has 1 rings (SSSR count). The van der Waals surface area contributed by atoms with Crippen LogP contribution in [-0.4, -0.2) is 29.6 Å². The molecule has 3 N–H and O–H groups in total. The molecule has 0 aliphatic rings. The first-order valence-corrected chi connectivity index (χ1v) is 4.86. The second kappa shape index (κ2) is 5.92. The maximum atomic E-state index is 11.2. The Morgan fingerprint density at radius 1 is 1.44 bits per heavy atom. The second-order valence-corrected chi connectivity index (χ2v) is 3.32. The molecule has 0 fully saturated rings. The largest absolute Gasteiger partial charge is 0.467 e. The Hall–Kier alpha value is -1.82. The Balaban J connectivity index is 2.26. The number of aliphatic hydroxyl groups is 1. The Morgan fingerprint density at radius 2 is 2.12 bits per heavy atom. The van der Waals surface area contributed by atoms with Crippen LogP contribution in [0.25, 0.3) is 0 Å². The van der Waals surface area contributed by atoms with Gasteiger partial charge >= 0.3 is 11.8 Å². The Kier molecular flexibility index (Phi) is 4.53. The highest BCUT2D eigenvalue weighted by Gasteiger charge is 2.13. The molecule has 0 saturated heterocycles.